The third kappa shape index (κ3) is 2.55. The van der Waals surface area contributed by atoms with E-state index in [1.807, 2.05) is 24.4 Å². The van der Waals surface area contributed by atoms with E-state index in [-0.39, 0.29) is 12.4 Å². The Hall–Kier alpha value is -2.41. The number of pyridine rings is 1. The zero-order chi connectivity index (χ0) is 14.1. The number of anilines is 2. The fraction of sp³-hybridized carbons (Fsp3) is 0.286. The van der Waals surface area contributed by atoms with Gasteiger partial charge in [0.1, 0.15) is 17.7 Å². The van der Waals surface area contributed by atoms with Crippen LogP contribution in [0, 0.1) is 0 Å². The van der Waals surface area contributed by atoms with Gasteiger partial charge in [0, 0.05) is 32.4 Å². The molecule has 0 amide bonds. The van der Waals surface area contributed by atoms with Gasteiger partial charge >= 0.3 is 0 Å². The predicted octanol–water partition coefficient (Wildman–Crippen LogP) is 1.50. The summed E-state index contributed by atoms with van der Waals surface area (Å²) in [4.78, 5) is 24.8. The lowest BCUT2D eigenvalue weighted by Crippen LogP contribution is -2.47. The van der Waals surface area contributed by atoms with E-state index in [1.165, 1.54) is 0 Å². The van der Waals surface area contributed by atoms with Crippen LogP contribution in [-0.2, 0) is 0 Å². The van der Waals surface area contributed by atoms with Crippen molar-refractivity contribution >= 4 is 35.2 Å². The average molecular weight is 318 g/mol. The van der Waals surface area contributed by atoms with Gasteiger partial charge in [0.05, 0.1) is 6.33 Å². The Kier molecular flexibility index (Phi) is 4.06. The first-order chi connectivity index (χ1) is 10.4. The highest BCUT2D eigenvalue weighted by Crippen LogP contribution is 2.22. The number of nitrogens with zero attached hydrogens (tertiary/aromatic N) is 6. The summed E-state index contributed by atoms with van der Waals surface area (Å²) in [5, 5.41) is 0. The topological polar surface area (TPSA) is 73.8 Å². The number of hydrogen-bond donors (Lipinski definition) is 1. The second-order valence-corrected chi connectivity index (χ2v) is 4.96. The van der Waals surface area contributed by atoms with Gasteiger partial charge in [0.2, 0.25) is 0 Å². The molecule has 0 unspecified atom stereocenters. The highest BCUT2D eigenvalue weighted by Gasteiger charge is 2.21. The van der Waals surface area contributed by atoms with E-state index in [9.17, 15) is 0 Å². The van der Waals surface area contributed by atoms with Gasteiger partial charge in [-0.15, -0.1) is 12.4 Å². The summed E-state index contributed by atoms with van der Waals surface area (Å²) in [6, 6.07) is 6.01. The normalized spacial score (nSPS) is 14.9. The summed E-state index contributed by atoms with van der Waals surface area (Å²) in [5.41, 5.74) is 1.62. The number of rotatable bonds is 2. The lowest BCUT2D eigenvalue weighted by molar-refractivity contribution is 0.642. The van der Waals surface area contributed by atoms with Crippen molar-refractivity contribution in [3.63, 3.8) is 0 Å². The van der Waals surface area contributed by atoms with Crippen molar-refractivity contribution in [2.24, 2.45) is 0 Å². The minimum atomic E-state index is 0. The van der Waals surface area contributed by atoms with Crippen molar-refractivity contribution in [2.75, 3.05) is 36.0 Å². The second-order valence-electron chi connectivity index (χ2n) is 4.96. The van der Waals surface area contributed by atoms with Crippen molar-refractivity contribution in [2.45, 2.75) is 0 Å². The highest BCUT2D eigenvalue weighted by molar-refractivity contribution is 5.85. The summed E-state index contributed by atoms with van der Waals surface area (Å²) in [7, 11) is 0. The molecule has 4 rings (SSSR count). The SMILES string of the molecule is Cl.c1ccc(N2CCN(c3ncnc4nc[nH]c34)CC2)nc1. The molecular weight excluding hydrogens is 302 g/mol. The summed E-state index contributed by atoms with van der Waals surface area (Å²) in [6.45, 7) is 3.66. The van der Waals surface area contributed by atoms with Gasteiger partial charge in [0.25, 0.3) is 0 Å². The summed E-state index contributed by atoms with van der Waals surface area (Å²) >= 11 is 0. The van der Waals surface area contributed by atoms with E-state index in [0.29, 0.717) is 5.65 Å². The molecule has 1 saturated heterocycles. The lowest BCUT2D eigenvalue weighted by Gasteiger charge is -2.36. The van der Waals surface area contributed by atoms with Crippen LogP contribution in [0.25, 0.3) is 11.2 Å². The molecule has 1 fully saturated rings. The van der Waals surface area contributed by atoms with E-state index >= 15 is 0 Å². The molecule has 1 aliphatic heterocycles. The van der Waals surface area contributed by atoms with Crippen LogP contribution in [0.4, 0.5) is 11.6 Å². The molecule has 1 aliphatic rings. The highest BCUT2D eigenvalue weighted by atomic mass is 35.5. The van der Waals surface area contributed by atoms with Crippen molar-refractivity contribution in [3.05, 3.63) is 37.1 Å². The summed E-state index contributed by atoms with van der Waals surface area (Å²) in [6.07, 6.45) is 5.07. The standard InChI is InChI=1S/C14H15N7.ClH/c1-2-4-15-11(3-1)20-5-7-21(8-6-20)14-12-13(17-9-16-12)18-10-19-14;/h1-4,9-10H,5-8H2,(H,16,17,18,19);1H. The van der Waals surface area contributed by atoms with Crippen LogP contribution in [0.1, 0.15) is 0 Å². The number of fused-ring (bicyclic) bond motifs is 1. The summed E-state index contributed by atoms with van der Waals surface area (Å²) < 4.78 is 0. The molecule has 1 N–H and O–H groups in total. The minimum Gasteiger partial charge on any atom is -0.353 e. The number of halogens is 1. The van der Waals surface area contributed by atoms with E-state index in [1.54, 1.807) is 12.7 Å². The van der Waals surface area contributed by atoms with Gasteiger partial charge in [-0.05, 0) is 12.1 Å². The number of imidazole rings is 1. The van der Waals surface area contributed by atoms with Crippen LogP contribution in [0.3, 0.4) is 0 Å². The van der Waals surface area contributed by atoms with E-state index in [4.69, 9.17) is 0 Å². The van der Waals surface area contributed by atoms with Crippen molar-refractivity contribution in [3.8, 4) is 0 Å². The summed E-state index contributed by atoms with van der Waals surface area (Å²) in [5.74, 6) is 1.96. The van der Waals surface area contributed by atoms with Gasteiger partial charge in [-0.2, -0.15) is 0 Å². The Morgan fingerprint density at radius 1 is 0.909 bits per heavy atom. The Balaban J connectivity index is 0.00000144. The van der Waals surface area contributed by atoms with Crippen LogP contribution in [0.15, 0.2) is 37.1 Å². The zero-order valence-electron chi connectivity index (χ0n) is 11.9. The van der Waals surface area contributed by atoms with Gasteiger partial charge in [-0.3, -0.25) is 0 Å². The predicted molar refractivity (Wildman–Crippen MR) is 87.6 cm³/mol. The van der Waals surface area contributed by atoms with Crippen LogP contribution >= 0.6 is 12.4 Å². The molecule has 0 aliphatic carbocycles. The van der Waals surface area contributed by atoms with Crippen molar-refractivity contribution in [1.29, 1.82) is 0 Å². The van der Waals surface area contributed by atoms with E-state index < -0.39 is 0 Å². The second kappa shape index (κ2) is 6.15. The van der Waals surface area contributed by atoms with Crippen molar-refractivity contribution < 1.29 is 0 Å². The number of piperazine rings is 1. The van der Waals surface area contributed by atoms with Crippen molar-refractivity contribution in [1.82, 2.24) is 24.9 Å². The monoisotopic (exact) mass is 317 g/mol. The smallest absolute Gasteiger partial charge is 0.182 e. The largest absolute Gasteiger partial charge is 0.353 e. The van der Waals surface area contributed by atoms with Crippen LogP contribution in [0.5, 0.6) is 0 Å². The maximum atomic E-state index is 4.41. The maximum absolute atomic E-state index is 4.41. The quantitative estimate of drug-likeness (QED) is 0.772. The first-order valence-electron chi connectivity index (χ1n) is 6.97. The molecule has 8 heteroatoms. The fourth-order valence-corrected chi connectivity index (χ4v) is 2.68. The van der Waals surface area contributed by atoms with Crippen LogP contribution in [-0.4, -0.2) is 51.1 Å². The molecule has 3 aromatic heterocycles. The molecule has 114 valence electrons. The molecule has 7 nitrogen and oxygen atoms in total. The first-order valence-corrected chi connectivity index (χ1v) is 6.97. The Bertz CT molecular complexity index is 737. The number of aromatic nitrogens is 5. The molecule has 0 bridgehead atoms. The Labute approximate surface area is 133 Å². The first kappa shape index (κ1) is 14.5. The molecule has 0 saturated carbocycles. The Morgan fingerprint density at radius 3 is 2.50 bits per heavy atom. The third-order valence-corrected chi connectivity index (χ3v) is 3.76. The molecule has 0 spiro atoms. The average Bonchev–Trinajstić information content (AvgIpc) is 3.04. The number of hydrogen-bond acceptors (Lipinski definition) is 6. The lowest BCUT2D eigenvalue weighted by atomic mass is 10.3. The number of H-pyrrole nitrogens is 1. The Morgan fingerprint density at radius 2 is 1.73 bits per heavy atom. The van der Waals surface area contributed by atoms with Crippen LogP contribution < -0.4 is 9.80 Å². The third-order valence-electron chi connectivity index (χ3n) is 3.76. The van der Waals surface area contributed by atoms with Gasteiger partial charge in [0.15, 0.2) is 11.5 Å². The number of aromatic amines is 1. The molecule has 0 aromatic carbocycles. The number of nitrogens with one attached hydrogen (secondary N) is 1. The van der Waals surface area contributed by atoms with E-state index in [2.05, 4.69) is 34.7 Å². The van der Waals surface area contributed by atoms with Gasteiger partial charge < -0.3 is 14.8 Å². The fourth-order valence-electron chi connectivity index (χ4n) is 2.68. The zero-order valence-corrected chi connectivity index (χ0v) is 12.7. The molecule has 3 aromatic rings. The molecule has 22 heavy (non-hydrogen) atoms. The van der Waals surface area contributed by atoms with Gasteiger partial charge in [-0.1, -0.05) is 6.07 Å². The maximum Gasteiger partial charge on any atom is 0.182 e. The molecule has 0 radical (unpaired) electrons. The van der Waals surface area contributed by atoms with Gasteiger partial charge in [-0.25, -0.2) is 19.9 Å². The van der Waals surface area contributed by atoms with E-state index in [0.717, 1.165) is 43.3 Å². The molecular formula is C14H16ClN7. The molecule has 0 atom stereocenters. The van der Waals surface area contributed by atoms with Crippen LogP contribution in [0.2, 0.25) is 0 Å². The molecule has 4 heterocycles. The minimum absolute atomic E-state index is 0.